The summed E-state index contributed by atoms with van der Waals surface area (Å²) in [7, 11) is 3.14. The number of rotatable bonds is 6. The third-order valence-electron chi connectivity index (χ3n) is 3.97. The topological polar surface area (TPSA) is 66.0 Å². The lowest BCUT2D eigenvalue weighted by atomic mass is 9.98. The molecule has 1 heterocycles. The van der Waals surface area contributed by atoms with Crippen molar-refractivity contribution in [1.29, 1.82) is 0 Å². The van der Waals surface area contributed by atoms with Crippen molar-refractivity contribution in [3.8, 4) is 0 Å². The van der Waals surface area contributed by atoms with Crippen LogP contribution >= 0.6 is 0 Å². The van der Waals surface area contributed by atoms with Crippen LogP contribution in [0.25, 0.3) is 0 Å². The van der Waals surface area contributed by atoms with Gasteiger partial charge in [0.25, 0.3) is 0 Å². The molecule has 1 fully saturated rings. The highest BCUT2D eigenvalue weighted by Crippen LogP contribution is 2.19. The van der Waals surface area contributed by atoms with Crippen LogP contribution in [0.15, 0.2) is 4.99 Å². The van der Waals surface area contributed by atoms with Crippen LogP contribution in [0.2, 0.25) is 0 Å². The fourth-order valence-corrected chi connectivity index (χ4v) is 2.52. The normalized spacial score (nSPS) is 17.4. The third-order valence-corrected chi connectivity index (χ3v) is 3.97. The standard InChI is InChI=1S/C15H30N4O2/c1-15(2,19-10-6-5-7-11-19)12-18-14(16-3)17-9-8-13(20)21-4/h5-12H2,1-4H3,(H2,16,17,18). The molecule has 1 aliphatic rings. The van der Waals surface area contributed by atoms with Crippen molar-refractivity contribution in [1.82, 2.24) is 15.5 Å². The fourth-order valence-electron chi connectivity index (χ4n) is 2.52. The molecule has 1 rings (SSSR count). The monoisotopic (exact) mass is 298 g/mol. The number of carbonyl (C=O) groups is 1. The van der Waals surface area contributed by atoms with Gasteiger partial charge in [0.1, 0.15) is 0 Å². The molecule has 0 radical (unpaired) electrons. The zero-order valence-corrected chi connectivity index (χ0v) is 13.9. The molecular formula is C15H30N4O2. The summed E-state index contributed by atoms with van der Waals surface area (Å²) in [5.74, 6) is 0.510. The maximum absolute atomic E-state index is 11.1. The number of carbonyl (C=O) groups excluding carboxylic acids is 1. The van der Waals surface area contributed by atoms with Crippen molar-refractivity contribution in [3.05, 3.63) is 0 Å². The number of ether oxygens (including phenoxy) is 1. The van der Waals surface area contributed by atoms with E-state index in [9.17, 15) is 4.79 Å². The van der Waals surface area contributed by atoms with Crippen LogP contribution < -0.4 is 10.6 Å². The molecule has 0 saturated carbocycles. The zero-order valence-electron chi connectivity index (χ0n) is 13.9. The smallest absolute Gasteiger partial charge is 0.307 e. The van der Waals surface area contributed by atoms with Crippen molar-refractivity contribution in [2.24, 2.45) is 4.99 Å². The highest BCUT2D eigenvalue weighted by Gasteiger charge is 2.27. The van der Waals surface area contributed by atoms with Crippen LogP contribution in [0.4, 0.5) is 0 Å². The Balaban J connectivity index is 2.34. The number of esters is 1. The average molecular weight is 298 g/mol. The highest BCUT2D eigenvalue weighted by atomic mass is 16.5. The summed E-state index contributed by atoms with van der Waals surface area (Å²) in [6.45, 7) is 8.20. The van der Waals surface area contributed by atoms with Crippen molar-refractivity contribution in [2.75, 3.05) is 40.3 Å². The Morgan fingerprint density at radius 2 is 1.90 bits per heavy atom. The van der Waals surface area contributed by atoms with E-state index < -0.39 is 0 Å². The zero-order chi connectivity index (χ0) is 15.7. The summed E-state index contributed by atoms with van der Waals surface area (Å²) in [5.41, 5.74) is 0.0976. The largest absolute Gasteiger partial charge is 0.469 e. The van der Waals surface area contributed by atoms with E-state index >= 15 is 0 Å². The molecule has 2 N–H and O–H groups in total. The number of nitrogens with one attached hydrogen (secondary N) is 2. The number of hydrogen-bond acceptors (Lipinski definition) is 4. The summed E-state index contributed by atoms with van der Waals surface area (Å²) < 4.78 is 4.61. The second-order valence-electron chi connectivity index (χ2n) is 6.04. The van der Waals surface area contributed by atoms with Gasteiger partial charge in [0.15, 0.2) is 5.96 Å². The van der Waals surface area contributed by atoms with Crippen molar-refractivity contribution < 1.29 is 9.53 Å². The lowest BCUT2D eigenvalue weighted by molar-refractivity contribution is -0.140. The Kier molecular flexibility index (Phi) is 7.50. The molecular weight excluding hydrogens is 268 g/mol. The lowest BCUT2D eigenvalue weighted by Crippen LogP contribution is -2.55. The minimum Gasteiger partial charge on any atom is -0.469 e. The van der Waals surface area contributed by atoms with E-state index in [4.69, 9.17) is 0 Å². The van der Waals surface area contributed by atoms with E-state index in [1.165, 1.54) is 39.5 Å². The van der Waals surface area contributed by atoms with Crippen LogP contribution in [-0.2, 0) is 9.53 Å². The highest BCUT2D eigenvalue weighted by molar-refractivity contribution is 5.80. The fraction of sp³-hybridized carbons (Fsp3) is 0.867. The summed E-state index contributed by atoms with van der Waals surface area (Å²) in [4.78, 5) is 17.8. The minimum absolute atomic E-state index is 0.0976. The molecule has 6 nitrogen and oxygen atoms in total. The summed E-state index contributed by atoms with van der Waals surface area (Å²) in [5, 5.41) is 6.47. The van der Waals surface area contributed by atoms with Crippen molar-refractivity contribution in [2.45, 2.75) is 45.1 Å². The number of piperidine rings is 1. The molecule has 0 amide bonds. The van der Waals surface area contributed by atoms with Gasteiger partial charge < -0.3 is 15.4 Å². The first kappa shape index (κ1) is 17.8. The Bertz CT molecular complexity index is 350. The quantitative estimate of drug-likeness (QED) is 0.435. The van der Waals surface area contributed by atoms with Gasteiger partial charge in [-0.2, -0.15) is 0 Å². The number of methoxy groups -OCH3 is 1. The molecule has 0 aromatic rings. The van der Waals surface area contributed by atoms with Crippen molar-refractivity contribution >= 4 is 11.9 Å². The number of likely N-dealkylation sites (tertiary alicyclic amines) is 1. The minimum atomic E-state index is -0.216. The molecule has 122 valence electrons. The van der Waals surface area contributed by atoms with Gasteiger partial charge in [-0.05, 0) is 39.8 Å². The predicted molar refractivity (Wildman–Crippen MR) is 85.5 cm³/mol. The van der Waals surface area contributed by atoms with E-state index in [0.717, 1.165) is 12.5 Å². The molecule has 21 heavy (non-hydrogen) atoms. The average Bonchev–Trinajstić information content (AvgIpc) is 2.51. The van der Waals surface area contributed by atoms with Gasteiger partial charge in [-0.3, -0.25) is 14.7 Å². The van der Waals surface area contributed by atoms with Gasteiger partial charge >= 0.3 is 5.97 Å². The summed E-state index contributed by atoms with van der Waals surface area (Å²) >= 11 is 0. The van der Waals surface area contributed by atoms with Gasteiger partial charge in [0.2, 0.25) is 0 Å². The number of nitrogens with zero attached hydrogens (tertiary/aromatic N) is 2. The molecule has 0 bridgehead atoms. The molecule has 0 aliphatic carbocycles. The SMILES string of the molecule is CN=C(NCCC(=O)OC)NCC(C)(C)N1CCCCC1. The van der Waals surface area contributed by atoms with E-state index in [2.05, 4.69) is 39.1 Å². The molecule has 1 aliphatic heterocycles. The molecule has 0 aromatic carbocycles. The van der Waals surface area contributed by atoms with E-state index in [-0.39, 0.29) is 11.5 Å². The molecule has 0 atom stereocenters. The Morgan fingerprint density at radius 3 is 2.48 bits per heavy atom. The summed E-state index contributed by atoms with van der Waals surface area (Å²) in [6, 6.07) is 0. The number of aliphatic imine (C=N–C) groups is 1. The first-order valence-corrected chi connectivity index (χ1v) is 7.76. The number of guanidine groups is 1. The van der Waals surface area contributed by atoms with Gasteiger partial charge in [-0.15, -0.1) is 0 Å². The predicted octanol–water partition coefficient (Wildman–Crippen LogP) is 0.979. The Hall–Kier alpha value is -1.30. The van der Waals surface area contributed by atoms with Crippen LogP contribution in [-0.4, -0.2) is 62.7 Å². The molecule has 0 unspecified atom stereocenters. The van der Waals surface area contributed by atoms with Gasteiger partial charge in [0, 0.05) is 25.7 Å². The van der Waals surface area contributed by atoms with Gasteiger partial charge in [-0.25, -0.2) is 0 Å². The van der Waals surface area contributed by atoms with Crippen LogP contribution in [0.3, 0.4) is 0 Å². The summed E-state index contributed by atoms with van der Waals surface area (Å²) in [6.07, 6.45) is 4.26. The van der Waals surface area contributed by atoms with Gasteiger partial charge in [0.05, 0.1) is 13.5 Å². The molecule has 6 heteroatoms. The van der Waals surface area contributed by atoms with Crippen LogP contribution in [0.1, 0.15) is 39.5 Å². The maximum atomic E-state index is 11.1. The molecule has 1 saturated heterocycles. The first-order chi connectivity index (χ1) is 9.99. The Labute approximate surface area is 128 Å². The van der Waals surface area contributed by atoms with E-state index in [0.29, 0.717) is 13.0 Å². The third kappa shape index (κ3) is 6.33. The second kappa shape index (κ2) is 8.87. The van der Waals surface area contributed by atoms with Crippen LogP contribution in [0, 0.1) is 0 Å². The maximum Gasteiger partial charge on any atom is 0.307 e. The van der Waals surface area contributed by atoms with Crippen molar-refractivity contribution in [3.63, 3.8) is 0 Å². The lowest BCUT2D eigenvalue weighted by Gasteiger charge is -2.41. The van der Waals surface area contributed by atoms with Gasteiger partial charge in [-0.1, -0.05) is 6.42 Å². The molecule has 0 aromatic heterocycles. The van der Waals surface area contributed by atoms with E-state index in [1.54, 1.807) is 7.05 Å². The Morgan fingerprint density at radius 1 is 1.24 bits per heavy atom. The second-order valence-corrected chi connectivity index (χ2v) is 6.04. The first-order valence-electron chi connectivity index (χ1n) is 7.76. The van der Waals surface area contributed by atoms with Crippen LogP contribution in [0.5, 0.6) is 0 Å². The van der Waals surface area contributed by atoms with E-state index in [1.807, 2.05) is 0 Å². The molecule has 0 spiro atoms. The number of hydrogen-bond donors (Lipinski definition) is 2.